The number of benzene rings is 1. The van der Waals surface area contributed by atoms with Gasteiger partial charge in [0.05, 0.1) is 0 Å². The number of aldehydes is 1. The topological polar surface area (TPSA) is 37.3 Å². The van der Waals surface area contributed by atoms with Crippen molar-refractivity contribution in [3.63, 3.8) is 0 Å². The molecule has 0 fully saturated rings. The van der Waals surface area contributed by atoms with E-state index < -0.39 is 8.32 Å². The minimum Gasteiger partial charge on any atom is -0.427 e. The first-order valence-corrected chi connectivity index (χ1v) is 7.81. The van der Waals surface area contributed by atoms with Crippen molar-refractivity contribution in [2.75, 3.05) is 0 Å². The molecule has 0 radical (unpaired) electrons. The van der Waals surface area contributed by atoms with Crippen LogP contribution in [-0.2, 0) is 0 Å². The predicted molar refractivity (Wildman–Crippen MR) is 69.6 cm³/mol. The number of carbonyl (C=O) groups excluding carboxylic acids is 1. The highest BCUT2D eigenvalue weighted by Gasteiger charge is 2.41. The molecule has 0 aliphatic carbocycles. The second-order valence-electron chi connectivity index (χ2n) is 4.84. The molecule has 1 aromatic carbocycles. The molecule has 3 heteroatoms. The summed E-state index contributed by atoms with van der Waals surface area (Å²) in [5.74, 6) is 0. The fraction of sp³-hybridized carbons (Fsp3) is 0.462. The zero-order chi connectivity index (χ0) is 12.3. The average molecular weight is 236 g/mol. The van der Waals surface area contributed by atoms with Crippen LogP contribution in [0.4, 0.5) is 0 Å². The van der Waals surface area contributed by atoms with Gasteiger partial charge in [-0.05, 0) is 16.3 Å². The third-order valence-electron chi connectivity index (χ3n) is 3.28. The van der Waals surface area contributed by atoms with Gasteiger partial charge in [0.1, 0.15) is 6.29 Å². The number of hydrogen-bond donors (Lipinski definition) is 1. The van der Waals surface area contributed by atoms with Crippen LogP contribution in [0.15, 0.2) is 24.3 Å². The molecule has 0 aromatic heterocycles. The molecule has 0 spiro atoms. The normalized spacial score (nSPS) is 12.2. The number of rotatable bonds is 4. The SMILES string of the molecule is CC(C)[Si](O)(c1ccccc1C=O)C(C)C. The highest BCUT2D eigenvalue weighted by atomic mass is 28.4. The monoisotopic (exact) mass is 236 g/mol. The van der Waals surface area contributed by atoms with E-state index in [-0.39, 0.29) is 11.1 Å². The van der Waals surface area contributed by atoms with E-state index >= 15 is 0 Å². The second kappa shape index (κ2) is 4.93. The first-order chi connectivity index (χ1) is 7.44. The van der Waals surface area contributed by atoms with Crippen LogP contribution >= 0.6 is 0 Å². The van der Waals surface area contributed by atoms with E-state index in [9.17, 15) is 9.59 Å². The molecule has 0 heterocycles. The van der Waals surface area contributed by atoms with E-state index in [1.807, 2.05) is 45.9 Å². The van der Waals surface area contributed by atoms with Gasteiger partial charge in [0.15, 0.2) is 0 Å². The van der Waals surface area contributed by atoms with Gasteiger partial charge in [-0.2, -0.15) is 0 Å². The summed E-state index contributed by atoms with van der Waals surface area (Å²) in [6, 6.07) is 7.41. The molecule has 0 unspecified atom stereocenters. The maximum absolute atomic E-state index is 11.0. The fourth-order valence-electron chi connectivity index (χ4n) is 2.25. The van der Waals surface area contributed by atoms with E-state index in [0.29, 0.717) is 5.56 Å². The van der Waals surface area contributed by atoms with Crippen LogP contribution in [0.5, 0.6) is 0 Å². The Hall–Kier alpha value is -0.933. The van der Waals surface area contributed by atoms with Crippen molar-refractivity contribution < 1.29 is 9.59 Å². The lowest BCUT2D eigenvalue weighted by molar-refractivity contribution is 0.112. The molecule has 0 saturated heterocycles. The summed E-state index contributed by atoms with van der Waals surface area (Å²) in [5, 5.41) is 0.870. The van der Waals surface area contributed by atoms with Crippen molar-refractivity contribution in [2.24, 2.45) is 0 Å². The molecule has 0 amide bonds. The third-order valence-corrected chi connectivity index (χ3v) is 8.12. The van der Waals surface area contributed by atoms with Crippen LogP contribution < -0.4 is 5.19 Å². The van der Waals surface area contributed by atoms with Gasteiger partial charge in [-0.25, -0.2) is 0 Å². The van der Waals surface area contributed by atoms with E-state index in [4.69, 9.17) is 0 Å². The Kier molecular flexibility index (Phi) is 4.05. The lowest BCUT2D eigenvalue weighted by atomic mass is 10.2. The highest BCUT2D eigenvalue weighted by molar-refractivity contribution is 6.88. The van der Waals surface area contributed by atoms with Gasteiger partial charge in [-0.1, -0.05) is 52.0 Å². The molecule has 0 aliphatic heterocycles. The summed E-state index contributed by atoms with van der Waals surface area (Å²) in [6.45, 7) is 8.14. The summed E-state index contributed by atoms with van der Waals surface area (Å²) in [7, 11) is -2.58. The van der Waals surface area contributed by atoms with Crippen LogP contribution in [0.25, 0.3) is 0 Å². The Morgan fingerprint density at radius 3 is 2.06 bits per heavy atom. The molecular weight excluding hydrogens is 216 g/mol. The molecular formula is C13H20O2Si. The average Bonchev–Trinajstić information content (AvgIpc) is 2.27. The van der Waals surface area contributed by atoms with Gasteiger partial charge in [-0.3, -0.25) is 4.79 Å². The molecule has 2 nitrogen and oxygen atoms in total. The number of carbonyl (C=O) groups is 1. The van der Waals surface area contributed by atoms with Crippen LogP contribution in [0, 0.1) is 0 Å². The Labute approximate surface area is 98.4 Å². The first kappa shape index (κ1) is 13.1. The Bertz CT molecular complexity index is 364. The van der Waals surface area contributed by atoms with Crippen molar-refractivity contribution >= 4 is 19.8 Å². The van der Waals surface area contributed by atoms with Crippen LogP contribution in [0.2, 0.25) is 11.1 Å². The fourth-order valence-corrected chi connectivity index (χ4v) is 5.80. The third kappa shape index (κ3) is 2.10. The maximum Gasteiger partial charge on any atom is 0.225 e. The Morgan fingerprint density at radius 1 is 1.12 bits per heavy atom. The summed E-state index contributed by atoms with van der Waals surface area (Å²) in [5.41, 5.74) is 1.04. The van der Waals surface area contributed by atoms with Gasteiger partial charge in [0.25, 0.3) is 0 Å². The van der Waals surface area contributed by atoms with E-state index in [0.717, 1.165) is 11.5 Å². The maximum atomic E-state index is 11.0. The molecule has 1 aromatic rings. The molecule has 0 saturated carbocycles. The van der Waals surface area contributed by atoms with Gasteiger partial charge in [0.2, 0.25) is 8.32 Å². The minimum absolute atomic E-state index is 0.202. The molecule has 1 N–H and O–H groups in total. The smallest absolute Gasteiger partial charge is 0.225 e. The van der Waals surface area contributed by atoms with Crippen molar-refractivity contribution in [1.82, 2.24) is 0 Å². The van der Waals surface area contributed by atoms with Crippen molar-refractivity contribution in [3.8, 4) is 0 Å². The van der Waals surface area contributed by atoms with Gasteiger partial charge < -0.3 is 4.80 Å². The lowest BCUT2D eigenvalue weighted by Gasteiger charge is -2.34. The Balaban J connectivity index is 3.37. The molecule has 1 rings (SSSR count). The summed E-state index contributed by atoms with van der Waals surface area (Å²) in [4.78, 5) is 22.0. The highest BCUT2D eigenvalue weighted by Crippen LogP contribution is 2.29. The molecule has 0 bridgehead atoms. The summed E-state index contributed by atoms with van der Waals surface area (Å²) >= 11 is 0. The first-order valence-electron chi connectivity index (χ1n) is 5.71. The van der Waals surface area contributed by atoms with E-state index in [2.05, 4.69) is 0 Å². The summed E-state index contributed by atoms with van der Waals surface area (Å²) in [6.07, 6.45) is 0.845. The second-order valence-corrected chi connectivity index (χ2v) is 9.34. The molecule has 0 atom stereocenters. The lowest BCUT2D eigenvalue weighted by Crippen LogP contribution is -2.54. The molecule has 0 aliphatic rings. The standard InChI is InChI=1S/C13H20O2Si/c1-10(2)16(15,11(3)4)13-8-6-5-7-12(13)9-14/h5-11,15H,1-4H3. The van der Waals surface area contributed by atoms with Gasteiger partial charge in [-0.15, -0.1) is 0 Å². The van der Waals surface area contributed by atoms with E-state index in [1.165, 1.54) is 0 Å². The van der Waals surface area contributed by atoms with Gasteiger partial charge >= 0.3 is 0 Å². The quantitative estimate of drug-likeness (QED) is 0.644. The zero-order valence-electron chi connectivity index (χ0n) is 10.4. The van der Waals surface area contributed by atoms with Crippen molar-refractivity contribution in [1.29, 1.82) is 0 Å². The summed E-state index contributed by atoms with van der Waals surface area (Å²) < 4.78 is 0. The van der Waals surface area contributed by atoms with Crippen LogP contribution in [-0.4, -0.2) is 19.4 Å². The van der Waals surface area contributed by atoms with Crippen LogP contribution in [0.3, 0.4) is 0 Å². The van der Waals surface area contributed by atoms with Crippen molar-refractivity contribution in [2.45, 2.75) is 38.8 Å². The minimum atomic E-state index is -2.58. The Morgan fingerprint density at radius 2 is 1.62 bits per heavy atom. The zero-order valence-corrected chi connectivity index (χ0v) is 11.4. The van der Waals surface area contributed by atoms with Crippen molar-refractivity contribution in [3.05, 3.63) is 29.8 Å². The van der Waals surface area contributed by atoms with Crippen LogP contribution in [0.1, 0.15) is 38.1 Å². The van der Waals surface area contributed by atoms with Gasteiger partial charge in [0, 0.05) is 5.56 Å². The predicted octanol–water partition coefficient (Wildman–Crippen LogP) is 2.46. The molecule has 88 valence electrons. The molecule has 16 heavy (non-hydrogen) atoms. The van der Waals surface area contributed by atoms with E-state index in [1.54, 1.807) is 6.07 Å². The number of hydrogen-bond acceptors (Lipinski definition) is 2. The largest absolute Gasteiger partial charge is 0.427 e.